The van der Waals surface area contributed by atoms with Gasteiger partial charge in [0.05, 0.1) is 18.1 Å². The van der Waals surface area contributed by atoms with Crippen molar-refractivity contribution in [2.45, 2.75) is 11.4 Å². The van der Waals surface area contributed by atoms with Crippen LogP contribution in [0, 0.1) is 0 Å². The van der Waals surface area contributed by atoms with Crippen molar-refractivity contribution in [3.05, 3.63) is 53.6 Å². The minimum absolute atomic E-state index is 0.151. The van der Waals surface area contributed by atoms with Crippen LogP contribution in [0.4, 0.5) is 5.69 Å². The summed E-state index contributed by atoms with van der Waals surface area (Å²) in [4.78, 5) is 13.6. The van der Waals surface area contributed by atoms with E-state index in [1.165, 1.54) is 33.4 Å². The zero-order chi connectivity index (χ0) is 21.8. The first-order valence-electron chi connectivity index (χ1n) is 9.43. The third kappa shape index (κ3) is 5.07. The molecule has 3 aromatic rings. The van der Waals surface area contributed by atoms with Gasteiger partial charge < -0.3 is 10.1 Å². The molecular formula is C19H19ClN6O4S. The molecule has 0 bridgehead atoms. The lowest BCUT2D eigenvalue weighted by Crippen LogP contribution is -2.40. The summed E-state index contributed by atoms with van der Waals surface area (Å²) < 4.78 is 31.9. The molecule has 1 aliphatic heterocycles. The predicted molar refractivity (Wildman–Crippen MR) is 113 cm³/mol. The van der Waals surface area contributed by atoms with E-state index in [0.717, 1.165) is 0 Å². The number of nitrogens with zero attached hydrogens (tertiary/aromatic N) is 5. The molecule has 0 spiro atoms. The quantitative estimate of drug-likeness (QED) is 0.591. The fourth-order valence-electron chi connectivity index (χ4n) is 3.03. The van der Waals surface area contributed by atoms with Gasteiger partial charge in [0.1, 0.15) is 6.54 Å². The SMILES string of the molecule is O=C(Cn1nnc(-c2cccc(Cl)c2)n1)Nc1ccc(S(=O)(=O)N2CCOCC2)cc1. The number of tetrazole rings is 1. The Morgan fingerprint density at radius 3 is 2.58 bits per heavy atom. The van der Waals surface area contributed by atoms with Crippen LogP contribution in [0.2, 0.25) is 5.02 Å². The highest BCUT2D eigenvalue weighted by atomic mass is 35.5. The van der Waals surface area contributed by atoms with Crippen LogP contribution in [0.25, 0.3) is 11.4 Å². The minimum atomic E-state index is -3.58. The van der Waals surface area contributed by atoms with Gasteiger partial charge in [-0.15, -0.1) is 10.2 Å². The minimum Gasteiger partial charge on any atom is -0.379 e. The molecule has 0 saturated carbocycles. The molecule has 2 aromatic carbocycles. The molecular weight excluding hydrogens is 444 g/mol. The monoisotopic (exact) mass is 462 g/mol. The number of amides is 1. The van der Waals surface area contributed by atoms with Gasteiger partial charge in [0.25, 0.3) is 0 Å². The smallest absolute Gasteiger partial charge is 0.248 e. The second kappa shape index (κ2) is 9.10. The lowest BCUT2D eigenvalue weighted by Gasteiger charge is -2.26. The van der Waals surface area contributed by atoms with Crippen molar-refractivity contribution in [2.24, 2.45) is 0 Å². The van der Waals surface area contributed by atoms with Crippen molar-refractivity contribution >= 4 is 33.2 Å². The number of halogens is 1. The van der Waals surface area contributed by atoms with Crippen molar-refractivity contribution in [3.63, 3.8) is 0 Å². The second-order valence-corrected chi connectivity index (χ2v) is 9.12. The molecule has 0 atom stereocenters. The lowest BCUT2D eigenvalue weighted by molar-refractivity contribution is -0.117. The summed E-state index contributed by atoms with van der Waals surface area (Å²) in [5, 5.41) is 15.2. The van der Waals surface area contributed by atoms with Crippen LogP contribution in [0.5, 0.6) is 0 Å². The van der Waals surface area contributed by atoms with E-state index >= 15 is 0 Å². The first kappa shape index (κ1) is 21.4. The molecule has 2 heterocycles. The number of hydrogen-bond donors (Lipinski definition) is 1. The summed E-state index contributed by atoms with van der Waals surface area (Å²) in [5.74, 6) is -0.0215. The molecule has 1 amide bonds. The maximum Gasteiger partial charge on any atom is 0.248 e. The number of aromatic nitrogens is 4. The first-order chi connectivity index (χ1) is 14.9. The zero-order valence-electron chi connectivity index (χ0n) is 16.3. The highest BCUT2D eigenvalue weighted by Gasteiger charge is 2.26. The summed E-state index contributed by atoms with van der Waals surface area (Å²) in [5.41, 5.74) is 1.15. The van der Waals surface area contributed by atoms with E-state index in [1.54, 1.807) is 24.3 Å². The molecule has 162 valence electrons. The lowest BCUT2D eigenvalue weighted by atomic mass is 10.2. The van der Waals surface area contributed by atoms with E-state index in [1.807, 2.05) is 0 Å². The predicted octanol–water partition coefficient (Wildman–Crippen LogP) is 1.65. The summed E-state index contributed by atoms with van der Waals surface area (Å²) in [6.45, 7) is 1.25. The zero-order valence-corrected chi connectivity index (χ0v) is 17.9. The first-order valence-corrected chi connectivity index (χ1v) is 11.3. The van der Waals surface area contributed by atoms with Gasteiger partial charge in [-0.25, -0.2) is 8.42 Å². The molecule has 12 heteroatoms. The number of carbonyl (C=O) groups excluding carboxylic acids is 1. The van der Waals surface area contributed by atoms with Gasteiger partial charge in [-0.3, -0.25) is 4.79 Å². The van der Waals surface area contributed by atoms with Gasteiger partial charge in [0, 0.05) is 29.4 Å². The number of hydrogen-bond acceptors (Lipinski definition) is 7. The number of nitrogens with one attached hydrogen (secondary N) is 1. The Morgan fingerprint density at radius 2 is 1.87 bits per heavy atom. The Morgan fingerprint density at radius 1 is 1.13 bits per heavy atom. The molecule has 1 N–H and O–H groups in total. The Labute approximate surface area is 183 Å². The molecule has 0 unspecified atom stereocenters. The second-order valence-electron chi connectivity index (χ2n) is 6.74. The summed E-state index contributed by atoms with van der Waals surface area (Å²) >= 11 is 5.97. The molecule has 10 nitrogen and oxygen atoms in total. The van der Waals surface area contributed by atoms with Gasteiger partial charge in [-0.1, -0.05) is 23.7 Å². The third-order valence-electron chi connectivity index (χ3n) is 4.57. The molecule has 1 saturated heterocycles. The number of morpholine rings is 1. The van der Waals surface area contributed by atoms with Crippen LogP contribution < -0.4 is 5.32 Å². The Bertz CT molecular complexity index is 1180. The molecule has 1 aliphatic rings. The normalized spacial score (nSPS) is 15.0. The average Bonchev–Trinajstić information content (AvgIpc) is 3.23. The summed E-state index contributed by atoms with van der Waals surface area (Å²) in [6.07, 6.45) is 0. The maximum atomic E-state index is 12.7. The molecule has 1 aromatic heterocycles. The van der Waals surface area contributed by atoms with E-state index in [0.29, 0.717) is 48.4 Å². The van der Waals surface area contributed by atoms with Crippen LogP contribution in [-0.2, 0) is 26.1 Å². The van der Waals surface area contributed by atoms with Crippen LogP contribution in [0.3, 0.4) is 0 Å². The molecule has 1 fully saturated rings. The topological polar surface area (TPSA) is 119 Å². The van der Waals surface area contributed by atoms with Crippen molar-refractivity contribution in [2.75, 3.05) is 31.6 Å². The largest absolute Gasteiger partial charge is 0.379 e. The van der Waals surface area contributed by atoms with Crippen LogP contribution >= 0.6 is 11.6 Å². The molecule has 31 heavy (non-hydrogen) atoms. The van der Waals surface area contributed by atoms with Gasteiger partial charge in [0.2, 0.25) is 21.8 Å². The fourth-order valence-corrected chi connectivity index (χ4v) is 4.63. The van der Waals surface area contributed by atoms with Gasteiger partial charge >= 0.3 is 0 Å². The summed E-state index contributed by atoms with van der Waals surface area (Å²) in [6, 6.07) is 13.0. The Kier molecular flexibility index (Phi) is 6.28. The highest BCUT2D eigenvalue weighted by Crippen LogP contribution is 2.20. The Hall–Kier alpha value is -2.86. The number of anilines is 1. The van der Waals surface area contributed by atoms with Crippen molar-refractivity contribution in [3.8, 4) is 11.4 Å². The van der Waals surface area contributed by atoms with Crippen molar-refractivity contribution in [1.82, 2.24) is 24.5 Å². The van der Waals surface area contributed by atoms with E-state index in [2.05, 4.69) is 20.7 Å². The molecule has 0 aliphatic carbocycles. The number of sulfonamides is 1. The van der Waals surface area contributed by atoms with Crippen LogP contribution in [0.15, 0.2) is 53.4 Å². The number of rotatable bonds is 6. The van der Waals surface area contributed by atoms with E-state index in [-0.39, 0.29) is 17.3 Å². The fraction of sp³-hybridized carbons (Fsp3) is 0.263. The average molecular weight is 463 g/mol. The molecule has 4 rings (SSSR count). The number of benzene rings is 2. The number of ether oxygens (including phenoxy) is 1. The van der Waals surface area contributed by atoms with Gasteiger partial charge in [-0.05, 0) is 41.6 Å². The third-order valence-corrected chi connectivity index (χ3v) is 6.71. The Balaban J connectivity index is 1.38. The standard InChI is InChI=1S/C19H19ClN6O4S/c20-15-3-1-2-14(12-15)19-22-24-26(23-19)13-18(27)21-16-4-6-17(7-5-16)31(28,29)25-8-10-30-11-9-25/h1-7,12H,8-11,13H2,(H,21,27). The van der Waals surface area contributed by atoms with Crippen molar-refractivity contribution in [1.29, 1.82) is 0 Å². The number of carbonyl (C=O) groups is 1. The van der Waals surface area contributed by atoms with Crippen molar-refractivity contribution < 1.29 is 17.9 Å². The van der Waals surface area contributed by atoms with E-state index in [4.69, 9.17) is 16.3 Å². The van der Waals surface area contributed by atoms with Crippen LogP contribution in [0.1, 0.15) is 0 Å². The van der Waals surface area contributed by atoms with E-state index in [9.17, 15) is 13.2 Å². The maximum absolute atomic E-state index is 12.7. The van der Waals surface area contributed by atoms with Gasteiger partial charge in [0.15, 0.2) is 0 Å². The van der Waals surface area contributed by atoms with E-state index < -0.39 is 10.0 Å². The van der Waals surface area contributed by atoms with Crippen LogP contribution in [-0.4, -0.2) is 65.1 Å². The van der Waals surface area contributed by atoms with Gasteiger partial charge in [-0.2, -0.15) is 9.10 Å². The highest BCUT2D eigenvalue weighted by molar-refractivity contribution is 7.89. The molecule has 0 radical (unpaired) electrons. The summed E-state index contributed by atoms with van der Waals surface area (Å²) in [7, 11) is -3.58.